The summed E-state index contributed by atoms with van der Waals surface area (Å²) in [6, 6.07) is 3.91. The molecule has 1 aliphatic heterocycles. The van der Waals surface area contributed by atoms with Crippen LogP contribution in [0.25, 0.3) is 10.9 Å². The van der Waals surface area contributed by atoms with Crippen LogP contribution in [0, 0.1) is 0 Å². The van der Waals surface area contributed by atoms with Gasteiger partial charge in [-0.3, -0.25) is 4.90 Å². The minimum atomic E-state index is -4.29. The van der Waals surface area contributed by atoms with Crippen LogP contribution in [0.3, 0.4) is 0 Å². The Morgan fingerprint density at radius 2 is 1.86 bits per heavy atom. The molecule has 1 fully saturated rings. The fourth-order valence-electron chi connectivity index (χ4n) is 2.74. The number of rotatable bonds is 2. The van der Waals surface area contributed by atoms with Crippen molar-refractivity contribution in [3.05, 3.63) is 35.5 Å². The summed E-state index contributed by atoms with van der Waals surface area (Å²) >= 11 is 0. The van der Waals surface area contributed by atoms with Gasteiger partial charge in [0, 0.05) is 49.8 Å². The lowest BCUT2D eigenvalue weighted by atomic mass is 10.1. The first kappa shape index (κ1) is 14.4. The van der Waals surface area contributed by atoms with E-state index in [0.717, 1.165) is 49.7 Å². The van der Waals surface area contributed by atoms with Gasteiger partial charge in [0.15, 0.2) is 0 Å². The van der Waals surface area contributed by atoms with Crippen molar-refractivity contribution in [2.24, 2.45) is 0 Å². The molecule has 2 aromatic rings. The number of halogens is 3. The van der Waals surface area contributed by atoms with Crippen molar-refractivity contribution >= 4 is 10.9 Å². The van der Waals surface area contributed by atoms with E-state index in [-0.39, 0.29) is 0 Å². The highest BCUT2D eigenvalue weighted by molar-refractivity contribution is 5.83. The van der Waals surface area contributed by atoms with E-state index in [9.17, 15) is 13.2 Å². The van der Waals surface area contributed by atoms with Gasteiger partial charge in [0.1, 0.15) is 0 Å². The Balaban J connectivity index is 1.81. The molecule has 21 heavy (non-hydrogen) atoms. The molecule has 1 aliphatic rings. The fraction of sp³-hybridized carbons (Fsp3) is 0.467. The molecule has 0 radical (unpaired) electrons. The maximum absolute atomic E-state index is 12.7. The number of nitrogens with one attached hydrogen (secondary N) is 1. The van der Waals surface area contributed by atoms with Crippen LogP contribution in [-0.4, -0.2) is 48.0 Å². The number of likely N-dealkylation sites (N-methyl/N-ethyl adjacent to an activating group) is 1. The van der Waals surface area contributed by atoms with Crippen molar-refractivity contribution in [2.45, 2.75) is 12.7 Å². The molecule has 0 amide bonds. The molecule has 1 saturated heterocycles. The van der Waals surface area contributed by atoms with Gasteiger partial charge in [-0.05, 0) is 24.7 Å². The number of piperazine rings is 1. The maximum Gasteiger partial charge on any atom is 0.416 e. The van der Waals surface area contributed by atoms with E-state index in [1.54, 1.807) is 6.07 Å². The Morgan fingerprint density at radius 3 is 2.52 bits per heavy atom. The molecule has 1 aromatic carbocycles. The SMILES string of the molecule is CN1CCN(Cc2c[nH]c3cc(C(F)(F)F)ccc23)CC1. The Kier molecular flexibility index (Phi) is 3.67. The number of nitrogens with zero attached hydrogens (tertiary/aromatic N) is 2. The Labute approximate surface area is 121 Å². The fourth-order valence-corrected chi connectivity index (χ4v) is 2.74. The molecule has 2 heterocycles. The number of benzene rings is 1. The first-order valence-electron chi connectivity index (χ1n) is 7.01. The van der Waals surface area contributed by atoms with Gasteiger partial charge in [0.05, 0.1) is 5.56 Å². The molecule has 1 N–H and O–H groups in total. The minimum Gasteiger partial charge on any atom is -0.361 e. The molecule has 0 spiro atoms. The van der Waals surface area contributed by atoms with Crippen LogP contribution >= 0.6 is 0 Å². The molecule has 0 bridgehead atoms. The summed E-state index contributed by atoms with van der Waals surface area (Å²) in [4.78, 5) is 7.57. The zero-order chi connectivity index (χ0) is 15.0. The predicted molar refractivity (Wildman–Crippen MR) is 76.1 cm³/mol. The van der Waals surface area contributed by atoms with Crippen LogP contribution in [0.1, 0.15) is 11.1 Å². The molecule has 0 saturated carbocycles. The van der Waals surface area contributed by atoms with Crippen molar-refractivity contribution in [3.8, 4) is 0 Å². The van der Waals surface area contributed by atoms with Crippen molar-refractivity contribution < 1.29 is 13.2 Å². The van der Waals surface area contributed by atoms with E-state index in [1.165, 1.54) is 6.07 Å². The monoisotopic (exact) mass is 297 g/mol. The van der Waals surface area contributed by atoms with E-state index in [2.05, 4.69) is 21.8 Å². The van der Waals surface area contributed by atoms with Crippen LogP contribution < -0.4 is 0 Å². The number of alkyl halides is 3. The quantitative estimate of drug-likeness (QED) is 0.921. The van der Waals surface area contributed by atoms with Crippen LogP contribution in [0.15, 0.2) is 24.4 Å². The maximum atomic E-state index is 12.7. The standard InChI is InChI=1S/C15H18F3N3/c1-20-4-6-21(7-5-20)10-11-9-19-14-8-12(15(16,17)18)2-3-13(11)14/h2-3,8-9,19H,4-7,10H2,1H3. The van der Waals surface area contributed by atoms with Crippen LogP contribution in [0.2, 0.25) is 0 Å². The van der Waals surface area contributed by atoms with Gasteiger partial charge in [0.25, 0.3) is 0 Å². The summed E-state index contributed by atoms with van der Waals surface area (Å²) < 4.78 is 38.1. The highest BCUT2D eigenvalue weighted by Crippen LogP contribution is 2.32. The van der Waals surface area contributed by atoms with Crippen LogP contribution in [-0.2, 0) is 12.7 Å². The predicted octanol–water partition coefficient (Wildman–Crippen LogP) is 2.93. The second-order valence-corrected chi connectivity index (χ2v) is 5.65. The Bertz CT molecular complexity index is 625. The van der Waals surface area contributed by atoms with Gasteiger partial charge in [-0.25, -0.2) is 0 Å². The number of aromatic amines is 1. The smallest absolute Gasteiger partial charge is 0.361 e. The average molecular weight is 297 g/mol. The Hall–Kier alpha value is -1.53. The van der Waals surface area contributed by atoms with Crippen molar-refractivity contribution in [2.75, 3.05) is 33.2 Å². The summed E-state index contributed by atoms with van der Waals surface area (Å²) in [5.74, 6) is 0. The Morgan fingerprint density at radius 1 is 1.14 bits per heavy atom. The lowest BCUT2D eigenvalue weighted by Gasteiger charge is -2.32. The van der Waals surface area contributed by atoms with Crippen molar-refractivity contribution in [1.82, 2.24) is 14.8 Å². The van der Waals surface area contributed by atoms with E-state index in [0.29, 0.717) is 5.52 Å². The third-order valence-corrected chi connectivity index (χ3v) is 4.08. The molecular formula is C15H18F3N3. The van der Waals surface area contributed by atoms with Gasteiger partial charge < -0.3 is 9.88 Å². The van der Waals surface area contributed by atoms with Crippen molar-refractivity contribution in [1.29, 1.82) is 0 Å². The number of hydrogen-bond acceptors (Lipinski definition) is 2. The van der Waals surface area contributed by atoms with E-state index in [1.807, 2.05) is 6.20 Å². The third-order valence-electron chi connectivity index (χ3n) is 4.08. The molecule has 3 nitrogen and oxygen atoms in total. The zero-order valence-corrected chi connectivity index (χ0v) is 11.9. The first-order valence-corrected chi connectivity index (χ1v) is 7.01. The topological polar surface area (TPSA) is 22.3 Å². The van der Waals surface area contributed by atoms with Gasteiger partial charge in [-0.1, -0.05) is 6.07 Å². The molecule has 6 heteroatoms. The third kappa shape index (κ3) is 3.06. The second kappa shape index (κ2) is 5.35. The summed E-state index contributed by atoms with van der Waals surface area (Å²) in [5, 5.41) is 0.877. The van der Waals surface area contributed by atoms with Gasteiger partial charge in [-0.2, -0.15) is 13.2 Å². The lowest BCUT2D eigenvalue weighted by Crippen LogP contribution is -2.43. The number of fused-ring (bicyclic) bond motifs is 1. The number of H-pyrrole nitrogens is 1. The number of aromatic nitrogens is 1. The first-order chi connectivity index (χ1) is 9.93. The lowest BCUT2D eigenvalue weighted by molar-refractivity contribution is -0.137. The second-order valence-electron chi connectivity index (χ2n) is 5.65. The summed E-state index contributed by atoms with van der Waals surface area (Å²) in [7, 11) is 2.10. The number of hydrogen-bond donors (Lipinski definition) is 1. The molecule has 0 unspecified atom stereocenters. The highest BCUT2D eigenvalue weighted by Gasteiger charge is 2.30. The van der Waals surface area contributed by atoms with E-state index >= 15 is 0 Å². The summed E-state index contributed by atoms with van der Waals surface area (Å²) in [5.41, 5.74) is 1.00. The molecule has 1 aromatic heterocycles. The van der Waals surface area contributed by atoms with E-state index < -0.39 is 11.7 Å². The molecular weight excluding hydrogens is 279 g/mol. The largest absolute Gasteiger partial charge is 0.416 e. The van der Waals surface area contributed by atoms with Crippen LogP contribution in [0.5, 0.6) is 0 Å². The van der Waals surface area contributed by atoms with Gasteiger partial charge in [0.2, 0.25) is 0 Å². The molecule has 0 aliphatic carbocycles. The molecule has 3 rings (SSSR count). The molecule has 0 atom stereocenters. The van der Waals surface area contributed by atoms with Crippen molar-refractivity contribution in [3.63, 3.8) is 0 Å². The van der Waals surface area contributed by atoms with Gasteiger partial charge in [-0.15, -0.1) is 0 Å². The van der Waals surface area contributed by atoms with Gasteiger partial charge >= 0.3 is 6.18 Å². The zero-order valence-electron chi connectivity index (χ0n) is 11.9. The van der Waals surface area contributed by atoms with Crippen LogP contribution in [0.4, 0.5) is 13.2 Å². The summed E-state index contributed by atoms with van der Waals surface area (Å²) in [6.07, 6.45) is -2.47. The van der Waals surface area contributed by atoms with E-state index in [4.69, 9.17) is 0 Å². The minimum absolute atomic E-state index is 0.550. The average Bonchev–Trinajstić information content (AvgIpc) is 2.83. The molecule has 114 valence electrons. The normalized spacial score (nSPS) is 18.5. The summed E-state index contributed by atoms with van der Waals surface area (Å²) in [6.45, 7) is 4.81. The highest BCUT2D eigenvalue weighted by atomic mass is 19.4.